The quantitative estimate of drug-likeness (QED) is 0.840. The molecule has 0 saturated heterocycles. The van der Waals surface area contributed by atoms with Gasteiger partial charge in [-0.2, -0.15) is 23.5 Å². The van der Waals surface area contributed by atoms with Gasteiger partial charge in [0.25, 0.3) is 0 Å². The molecule has 1 aromatic carbocycles. The monoisotopic (exact) mass is 267 g/mol. The maximum atomic E-state index is 12.6. The number of aryl methyl sites for hydroxylation is 1. The second kappa shape index (κ2) is 4.65. The minimum atomic E-state index is -4.49. The van der Waals surface area contributed by atoms with Crippen molar-refractivity contribution in [3.8, 4) is 17.6 Å². The lowest BCUT2D eigenvalue weighted by Crippen LogP contribution is -2.05. The van der Waals surface area contributed by atoms with E-state index >= 15 is 0 Å². The molecule has 0 aliphatic carbocycles. The van der Waals surface area contributed by atoms with Crippen molar-refractivity contribution in [2.45, 2.75) is 6.18 Å². The molecule has 0 aliphatic heterocycles. The minimum Gasteiger partial charge on any atom is -0.453 e. The lowest BCUT2D eigenvalue weighted by atomic mass is 10.1. The molecule has 0 saturated carbocycles. The molecule has 0 radical (unpaired) electrons. The van der Waals surface area contributed by atoms with Crippen LogP contribution in [0.25, 0.3) is 0 Å². The molecule has 0 spiro atoms. The van der Waals surface area contributed by atoms with Crippen LogP contribution in [-0.4, -0.2) is 9.78 Å². The van der Waals surface area contributed by atoms with Gasteiger partial charge in [-0.1, -0.05) is 0 Å². The van der Waals surface area contributed by atoms with E-state index < -0.39 is 11.7 Å². The highest BCUT2D eigenvalue weighted by Gasteiger charge is 2.31. The zero-order valence-corrected chi connectivity index (χ0v) is 9.77. The molecule has 7 heteroatoms. The van der Waals surface area contributed by atoms with Crippen LogP contribution in [0.4, 0.5) is 13.2 Å². The van der Waals surface area contributed by atoms with Gasteiger partial charge in [-0.3, -0.25) is 4.68 Å². The van der Waals surface area contributed by atoms with E-state index in [4.69, 9.17) is 10.00 Å². The predicted octanol–water partition coefficient (Wildman–Crippen LogP) is 3.10. The summed E-state index contributed by atoms with van der Waals surface area (Å²) in [7, 11) is 1.64. The van der Waals surface area contributed by atoms with Gasteiger partial charge in [-0.05, 0) is 18.2 Å². The van der Waals surface area contributed by atoms with Gasteiger partial charge >= 0.3 is 6.18 Å². The van der Waals surface area contributed by atoms with E-state index in [9.17, 15) is 13.2 Å². The van der Waals surface area contributed by atoms with Crippen LogP contribution >= 0.6 is 0 Å². The highest BCUT2D eigenvalue weighted by atomic mass is 19.4. The van der Waals surface area contributed by atoms with Gasteiger partial charge in [0.05, 0.1) is 23.5 Å². The predicted molar refractivity (Wildman–Crippen MR) is 59.4 cm³/mol. The molecule has 0 bridgehead atoms. The first-order chi connectivity index (χ1) is 8.90. The lowest BCUT2D eigenvalue weighted by Gasteiger charge is -2.10. The van der Waals surface area contributed by atoms with Crippen LogP contribution in [0.3, 0.4) is 0 Å². The largest absolute Gasteiger partial charge is 0.453 e. The molecule has 0 amide bonds. The Hall–Kier alpha value is -2.49. The van der Waals surface area contributed by atoms with Crippen molar-refractivity contribution in [2.24, 2.45) is 7.05 Å². The standard InChI is InChI=1S/C12H8F3N3O/c1-18-7-10(6-17-18)19-11-4-9(12(13,14)15)3-2-8(11)5-16/h2-4,6-7H,1H3. The molecular weight excluding hydrogens is 259 g/mol. The second-order valence-electron chi connectivity index (χ2n) is 3.77. The molecule has 4 nitrogen and oxygen atoms in total. The Morgan fingerprint density at radius 1 is 1.37 bits per heavy atom. The second-order valence-corrected chi connectivity index (χ2v) is 3.77. The van der Waals surface area contributed by atoms with Crippen molar-refractivity contribution in [2.75, 3.05) is 0 Å². The molecule has 2 rings (SSSR count). The first-order valence-electron chi connectivity index (χ1n) is 5.18. The fourth-order valence-electron chi connectivity index (χ4n) is 1.45. The Kier molecular flexibility index (Phi) is 3.17. The number of alkyl halides is 3. The summed E-state index contributed by atoms with van der Waals surface area (Å²) in [6, 6.07) is 4.50. The number of hydrogen-bond donors (Lipinski definition) is 0. The van der Waals surface area contributed by atoms with E-state index in [1.807, 2.05) is 0 Å². The molecule has 0 aliphatic rings. The normalized spacial score (nSPS) is 11.1. The molecule has 0 fully saturated rings. The zero-order chi connectivity index (χ0) is 14.0. The summed E-state index contributed by atoms with van der Waals surface area (Å²) >= 11 is 0. The summed E-state index contributed by atoms with van der Waals surface area (Å²) in [6.07, 6.45) is -1.65. The topological polar surface area (TPSA) is 50.8 Å². The van der Waals surface area contributed by atoms with E-state index in [-0.39, 0.29) is 17.1 Å². The lowest BCUT2D eigenvalue weighted by molar-refractivity contribution is -0.137. The maximum Gasteiger partial charge on any atom is 0.416 e. The zero-order valence-electron chi connectivity index (χ0n) is 9.77. The highest BCUT2D eigenvalue weighted by Crippen LogP contribution is 2.34. The van der Waals surface area contributed by atoms with Crippen LogP contribution in [0.2, 0.25) is 0 Å². The van der Waals surface area contributed by atoms with Crippen LogP contribution in [0.5, 0.6) is 11.5 Å². The van der Waals surface area contributed by atoms with Gasteiger partial charge in [-0.15, -0.1) is 0 Å². The summed E-state index contributed by atoms with van der Waals surface area (Å²) in [6.45, 7) is 0. The Morgan fingerprint density at radius 2 is 2.11 bits per heavy atom. The van der Waals surface area contributed by atoms with E-state index in [2.05, 4.69) is 5.10 Å². The van der Waals surface area contributed by atoms with Crippen LogP contribution in [0.15, 0.2) is 30.6 Å². The summed E-state index contributed by atoms with van der Waals surface area (Å²) in [5, 5.41) is 12.7. The molecule has 0 unspecified atom stereocenters. The molecule has 0 N–H and O–H groups in total. The van der Waals surface area contributed by atoms with Crippen LogP contribution in [0, 0.1) is 11.3 Å². The number of hydrogen-bond acceptors (Lipinski definition) is 3. The van der Waals surface area contributed by atoms with Crippen molar-refractivity contribution in [3.05, 3.63) is 41.7 Å². The molecule has 2 aromatic rings. The Balaban J connectivity index is 2.40. The number of benzene rings is 1. The number of ether oxygens (including phenoxy) is 1. The van der Waals surface area contributed by atoms with Crippen LogP contribution < -0.4 is 4.74 Å². The first-order valence-corrected chi connectivity index (χ1v) is 5.18. The third-order valence-electron chi connectivity index (χ3n) is 2.34. The van der Waals surface area contributed by atoms with Gasteiger partial charge in [-0.25, -0.2) is 0 Å². The molecule has 98 valence electrons. The van der Waals surface area contributed by atoms with Crippen molar-refractivity contribution < 1.29 is 17.9 Å². The third kappa shape index (κ3) is 2.85. The maximum absolute atomic E-state index is 12.6. The molecule has 1 heterocycles. The first kappa shape index (κ1) is 13.0. The van der Waals surface area contributed by atoms with Crippen molar-refractivity contribution >= 4 is 0 Å². The number of nitriles is 1. The number of aromatic nitrogens is 2. The fraction of sp³-hybridized carbons (Fsp3) is 0.167. The number of rotatable bonds is 2. The van der Waals surface area contributed by atoms with E-state index in [1.54, 1.807) is 13.1 Å². The van der Waals surface area contributed by atoms with E-state index in [1.165, 1.54) is 17.1 Å². The van der Waals surface area contributed by atoms with Crippen molar-refractivity contribution in [1.29, 1.82) is 5.26 Å². The highest BCUT2D eigenvalue weighted by molar-refractivity contribution is 5.47. The average molecular weight is 267 g/mol. The van der Waals surface area contributed by atoms with E-state index in [0.717, 1.165) is 18.2 Å². The third-order valence-corrected chi connectivity index (χ3v) is 2.34. The molecule has 19 heavy (non-hydrogen) atoms. The smallest absolute Gasteiger partial charge is 0.416 e. The van der Waals surface area contributed by atoms with Crippen LogP contribution in [-0.2, 0) is 13.2 Å². The summed E-state index contributed by atoms with van der Waals surface area (Å²) in [5.41, 5.74) is -0.845. The summed E-state index contributed by atoms with van der Waals surface area (Å²) in [4.78, 5) is 0. The molecule has 1 aromatic heterocycles. The summed E-state index contributed by atoms with van der Waals surface area (Å²) in [5.74, 6) is 0.114. The number of nitrogens with zero attached hydrogens (tertiary/aromatic N) is 3. The van der Waals surface area contributed by atoms with Gasteiger partial charge < -0.3 is 4.74 Å². The Bertz CT molecular complexity index is 640. The fourth-order valence-corrected chi connectivity index (χ4v) is 1.45. The average Bonchev–Trinajstić information content (AvgIpc) is 2.73. The molecular formula is C12H8F3N3O. The van der Waals surface area contributed by atoms with Gasteiger partial charge in [0.2, 0.25) is 0 Å². The van der Waals surface area contributed by atoms with Crippen molar-refractivity contribution in [1.82, 2.24) is 9.78 Å². The van der Waals surface area contributed by atoms with Gasteiger partial charge in [0.15, 0.2) is 5.75 Å². The Labute approximate surface area is 106 Å². The van der Waals surface area contributed by atoms with Crippen molar-refractivity contribution in [3.63, 3.8) is 0 Å². The van der Waals surface area contributed by atoms with E-state index in [0.29, 0.717) is 0 Å². The summed E-state index contributed by atoms with van der Waals surface area (Å²) < 4.78 is 44.5. The van der Waals surface area contributed by atoms with Gasteiger partial charge in [0, 0.05) is 7.05 Å². The number of halogens is 3. The minimum absolute atomic E-state index is 0.0249. The van der Waals surface area contributed by atoms with Gasteiger partial charge in [0.1, 0.15) is 11.8 Å². The van der Waals surface area contributed by atoms with Crippen LogP contribution in [0.1, 0.15) is 11.1 Å². The SMILES string of the molecule is Cn1cc(Oc2cc(C(F)(F)F)ccc2C#N)cn1. The molecule has 0 atom stereocenters. The Morgan fingerprint density at radius 3 is 2.63 bits per heavy atom.